The number of Topliss-reactive ketones (excluding diaryl/α,β-unsaturated/α-hetero) is 3. The van der Waals surface area contributed by atoms with Crippen molar-refractivity contribution in [2.75, 3.05) is 0 Å². The van der Waals surface area contributed by atoms with Gasteiger partial charge in [-0.15, -0.1) is 0 Å². The molecule has 0 saturated carbocycles. The predicted octanol–water partition coefficient (Wildman–Crippen LogP) is 5.63. The van der Waals surface area contributed by atoms with E-state index < -0.39 is 45.9 Å². The molecular weight excluding hydrogens is 460 g/mol. The highest BCUT2D eigenvalue weighted by molar-refractivity contribution is 6.12. The van der Waals surface area contributed by atoms with Gasteiger partial charge in [0, 0.05) is 34.8 Å². The third-order valence-corrected chi connectivity index (χ3v) is 7.12. The fraction of sp³-hybridized carbons (Fsp3) is 0.483. The third-order valence-electron chi connectivity index (χ3n) is 7.12. The first-order valence-electron chi connectivity index (χ1n) is 12.2. The van der Waals surface area contributed by atoms with Crippen molar-refractivity contribution in [3.63, 3.8) is 0 Å². The van der Waals surface area contributed by atoms with Crippen molar-refractivity contribution in [3.05, 3.63) is 45.2 Å². The van der Waals surface area contributed by atoms with Crippen LogP contribution < -0.4 is 4.74 Å². The van der Waals surface area contributed by atoms with Crippen LogP contribution in [0.4, 0.5) is 0 Å². The van der Waals surface area contributed by atoms with Crippen LogP contribution >= 0.6 is 0 Å². The van der Waals surface area contributed by atoms with Crippen molar-refractivity contribution >= 4 is 23.4 Å². The van der Waals surface area contributed by atoms with Gasteiger partial charge < -0.3 is 20.1 Å². The van der Waals surface area contributed by atoms with Crippen LogP contribution in [0.5, 0.6) is 17.2 Å². The number of rotatable bonds is 6. The van der Waals surface area contributed by atoms with Crippen LogP contribution in [0.2, 0.25) is 0 Å². The lowest BCUT2D eigenvalue weighted by atomic mass is 9.69. The molecule has 7 nitrogen and oxygen atoms in total. The monoisotopic (exact) mass is 496 g/mol. The van der Waals surface area contributed by atoms with E-state index in [1.54, 1.807) is 74.5 Å². The Morgan fingerprint density at radius 2 is 1.50 bits per heavy atom. The minimum absolute atomic E-state index is 0.0693. The van der Waals surface area contributed by atoms with Crippen LogP contribution in [0.3, 0.4) is 0 Å². The number of ether oxygens (including phenoxy) is 1. The second kappa shape index (κ2) is 8.95. The number of benzene rings is 1. The smallest absolute Gasteiger partial charge is 0.172 e. The first-order valence-corrected chi connectivity index (χ1v) is 12.2. The number of hydrogen-bond donors (Lipinski definition) is 3. The van der Waals surface area contributed by atoms with E-state index in [4.69, 9.17) is 4.74 Å². The fourth-order valence-electron chi connectivity index (χ4n) is 4.53. The van der Waals surface area contributed by atoms with Crippen molar-refractivity contribution in [2.24, 2.45) is 17.3 Å². The Morgan fingerprint density at radius 3 is 2.03 bits per heavy atom. The zero-order chi connectivity index (χ0) is 27.5. The molecule has 2 aliphatic rings. The summed E-state index contributed by atoms with van der Waals surface area (Å²) < 4.78 is 5.98. The number of aromatic hydroxyl groups is 2. The van der Waals surface area contributed by atoms with E-state index in [-0.39, 0.29) is 51.5 Å². The molecule has 194 valence electrons. The molecule has 0 unspecified atom stereocenters. The van der Waals surface area contributed by atoms with Gasteiger partial charge in [-0.3, -0.25) is 14.4 Å². The van der Waals surface area contributed by atoms with Crippen molar-refractivity contribution < 1.29 is 34.4 Å². The third kappa shape index (κ3) is 4.25. The molecule has 1 aliphatic carbocycles. The molecule has 7 heteroatoms. The highest BCUT2D eigenvalue weighted by atomic mass is 16.5. The summed E-state index contributed by atoms with van der Waals surface area (Å²) >= 11 is 0. The first-order chi connectivity index (χ1) is 16.4. The van der Waals surface area contributed by atoms with Gasteiger partial charge >= 0.3 is 0 Å². The molecule has 0 atom stereocenters. The summed E-state index contributed by atoms with van der Waals surface area (Å²) in [7, 11) is 0. The maximum Gasteiger partial charge on any atom is 0.172 e. The van der Waals surface area contributed by atoms with Gasteiger partial charge in [-0.2, -0.15) is 0 Å². The molecule has 0 radical (unpaired) electrons. The Bertz CT molecular complexity index is 1270. The van der Waals surface area contributed by atoms with Gasteiger partial charge in [0.2, 0.25) is 0 Å². The molecule has 0 bridgehead atoms. The highest BCUT2D eigenvalue weighted by Gasteiger charge is 2.43. The average molecular weight is 497 g/mol. The van der Waals surface area contributed by atoms with E-state index in [9.17, 15) is 29.7 Å². The molecule has 1 aromatic rings. The Hall–Kier alpha value is -3.35. The average Bonchev–Trinajstić information content (AvgIpc) is 2.76. The van der Waals surface area contributed by atoms with Crippen LogP contribution in [0.25, 0.3) is 6.08 Å². The zero-order valence-electron chi connectivity index (χ0n) is 22.5. The van der Waals surface area contributed by atoms with Gasteiger partial charge in [0.1, 0.15) is 34.2 Å². The van der Waals surface area contributed by atoms with Gasteiger partial charge in [0.05, 0.1) is 11.1 Å². The standard InChI is InChI=1S/C29H36O7/c1-13(2)21(30)19-15(5)29(8,9)27(35)18(25(19)34)12-17-23(32)16-10-11-28(6,7)36-26(16)20(24(17)33)22(31)14(3)4/h10-11,13-14,32-34H,12H2,1-9H3. The minimum Gasteiger partial charge on any atom is -0.507 e. The number of ketones is 3. The number of allylic oxidation sites excluding steroid dienone is 3. The highest BCUT2D eigenvalue weighted by Crippen LogP contribution is 2.50. The molecule has 0 spiro atoms. The van der Waals surface area contributed by atoms with E-state index in [0.29, 0.717) is 5.57 Å². The molecule has 1 heterocycles. The number of carbonyl (C=O) groups is 3. The van der Waals surface area contributed by atoms with E-state index in [2.05, 4.69) is 0 Å². The van der Waals surface area contributed by atoms with Gasteiger partial charge in [-0.1, -0.05) is 27.7 Å². The summed E-state index contributed by atoms with van der Waals surface area (Å²) in [6.45, 7) is 15.3. The summed E-state index contributed by atoms with van der Waals surface area (Å²) in [4.78, 5) is 39.7. The lowest BCUT2D eigenvalue weighted by Crippen LogP contribution is -2.36. The second-order valence-electron chi connectivity index (χ2n) is 11.3. The van der Waals surface area contributed by atoms with Crippen LogP contribution in [0, 0.1) is 17.3 Å². The lowest BCUT2D eigenvalue weighted by Gasteiger charge is -2.34. The normalized spacial score (nSPS) is 18.6. The molecule has 3 rings (SSSR count). The molecule has 36 heavy (non-hydrogen) atoms. The van der Waals surface area contributed by atoms with Gasteiger partial charge in [0.15, 0.2) is 17.3 Å². The van der Waals surface area contributed by atoms with Gasteiger partial charge in [0.25, 0.3) is 0 Å². The molecule has 3 N–H and O–H groups in total. The minimum atomic E-state index is -1.09. The van der Waals surface area contributed by atoms with Crippen molar-refractivity contribution in [1.82, 2.24) is 0 Å². The molecule has 1 aromatic carbocycles. The topological polar surface area (TPSA) is 121 Å². The molecule has 1 aliphatic heterocycles. The summed E-state index contributed by atoms with van der Waals surface area (Å²) in [5.74, 6) is -3.30. The summed E-state index contributed by atoms with van der Waals surface area (Å²) in [6, 6.07) is 0. The quantitative estimate of drug-likeness (QED) is 0.437. The summed E-state index contributed by atoms with van der Waals surface area (Å²) in [6.07, 6.45) is 2.96. The first kappa shape index (κ1) is 27.2. The van der Waals surface area contributed by atoms with Crippen LogP contribution in [0.1, 0.15) is 83.8 Å². The Kier molecular flexibility index (Phi) is 6.77. The van der Waals surface area contributed by atoms with E-state index in [1.165, 1.54) is 0 Å². The van der Waals surface area contributed by atoms with Gasteiger partial charge in [-0.25, -0.2) is 0 Å². The Balaban J connectivity index is 2.32. The maximum atomic E-state index is 13.5. The number of hydrogen-bond acceptors (Lipinski definition) is 7. The van der Waals surface area contributed by atoms with E-state index in [1.807, 2.05) is 0 Å². The molecular formula is C29H36O7. The van der Waals surface area contributed by atoms with E-state index in [0.717, 1.165) is 0 Å². The van der Waals surface area contributed by atoms with E-state index >= 15 is 0 Å². The Labute approximate surface area is 212 Å². The number of aliphatic hydroxyl groups excluding tert-OH is 1. The van der Waals surface area contributed by atoms with Gasteiger partial charge in [-0.05, 0) is 52.3 Å². The van der Waals surface area contributed by atoms with Crippen LogP contribution in [0.15, 0.2) is 28.6 Å². The molecule has 0 saturated heterocycles. The SMILES string of the molecule is CC1=C(C(=O)C(C)C)C(O)=C(Cc2c(O)c3c(c(C(=O)C(C)C)c2O)OC(C)(C)C=C3)C(=O)C1(C)C. The number of aliphatic hydroxyl groups is 1. The summed E-state index contributed by atoms with van der Waals surface area (Å²) in [5.41, 5.74) is -1.42. The summed E-state index contributed by atoms with van der Waals surface area (Å²) in [5, 5.41) is 33.6. The largest absolute Gasteiger partial charge is 0.507 e. The Morgan fingerprint density at radius 1 is 0.944 bits per heavy atom. The molecule has 0 amide bonds. The van der Waals surface area contributed by atoms with Crippen molar-refractivity contribution in [1.29, 1.82) is 0 Å². The number of fused-ring (bicyclic) bond motifs is 1. The predicted molar refractivity (Wildman–Crippen MR) is 137 cm³/mol. The number of carbonyl (C=O) groups excluding carboxylic acids is 3. The van der Waals surface area contributed by atoms with Crippen molar-refractivity contribution in [2.45, 2.75) is 74.3 Å². The molecule has 0 aromatic heterocycles. The second-order valence-corrected chi connectivity index (χ2v) is 11.3. The zero-order valence-corrected chi connectivity index (χ0v) is 22.5. The maximum absolute atomic E-state index is 13.5. The fourth-order valence-corrected chi connectivity index (χ4v) is 4.53. The number of phenolic OH excluding ortho intramolecular Hbond substituents is 2. The van der Waals surface area contributed by atoms with Crippen molar-refractivity contribution in [3.8, 4) is 17.2 Å². The number of phenols is 2. The van der Waals surface area contributed by atoms with Crippen LogP contribution in [-0.2, 0) is 16.0 Å². The lowest BCUT2D eigenvalue weighted by molar-refractivity contribution is -0.122. The van der Waals surface area contributed by atoms with Crippen LogP contribution in [-0.4, -0.2) is 38.3 Å². The molecule has 0 fully saturated rings.